The highest BCUT2D eigenvalue weighted by Crippen LogP contribution is 2.34. The van der Waals surface area contributed by atoms with Gasteiger partial charge in [0.2, 0.25) is 0 Å². The summed E-state index contributed by atoms with van der Waals surface area (Å²) in [5.74, 6) is -0.783. The number of aryl methyl sites for hydroxylation is 1. The van der Waals surface area contributed by atoms with E-state index >= 15 is 0 Å². The molecular formula is C25H16ClN3O3S2. The Balaban J connectivity index is 1.43. The molecule has 2 aromatic heterocycles. The summed E-state index contributed by atoms with van der Waals surface area (Å²) in [6.45, 7) is 1.86. The number of fused-ring (bicyclic) bond motifs is 1. The van der Waals surface area contributed by atoms with E-state index in [1.807, 2.05) is 37.3 Å². The van der Waals surface area contributed by atoms with Crippen molar-refractivity contribution in [2.75, 3.05) is 4.90 Å². The Kier molecular flexibility index (Phi) is 5.95. The maximum atomic E-state index is 13.2. The number of rotatable bonds is 4. The SMILES string of the molecule is Cc1ccc(N2C(=O)/C(=C/c3ccc(Sc4cccc5cccnc45)o3)C(=O)NC2=S)cc1Cl. The molecule has 1 aliphatic heterocycles. The van der Waals surface area contributed by atoms with E-state index in [1.165, 1.54) is 22.7 Å². The average molecular weight is 506 g/mol. The molecular weight excluding hydrogens is 490 g/mol. The van der Waals surface area contributed by atoms with Gasteiger partial charge in [0.25, 0.3) is 11.8 Å². The molecule has 9 heteroatoms. The number of pyridine rings is 1. The highest BCUT2D eigenvalue weighted by molar-refractivity contribution is 7.99. The Morgan fingerprint density at radius 3 is 2.76 bits per heavy atom. The minimum absolute atomic E-state index is 0.00813. The zero-order valence-electron chi connectivity index (χ0n) is 17.7. The van der Waals surface area contributed by atoms with Crippen LogP contribution in [0.25, 0.3) is 17.0 Å². The molecule has 2 aromatic carbocycles. The van der Waals surface area contributed by atoms with E-state index < -0.39 is 11.8 Å². The first-order chi connectivity index (χ1) is 16.4. The predicted octanol–water partition coefficient (Wildman–Crippen LogP) is 5.77. The maximum Gasteiger partial charge on any atom is 0.270 e. The van der Waals surface area contributed by atoms with E-state index in [4.69, 9.17) is 28.2 Å². The number of nitrogens with one attached hydrogen (secondary N) is 1. The molecule has 1 saturated heterocycles. The Labute approximate surface area is 209 Å². The van der Waals surface area contributed by atoms with Crippen molar-refractivity contribution in [1.82, 2.24) is 10.3 Å². The van der Waals surface area contributed by atoms with Crippen LogP contribution in [0, 0.1) is 6.92 Å². The first-order valence-electron chi connectivity index (χ1n) is 10.2. The number of hydrogen-bond acceptors (Lipinski definition) is 6. The van der Waals surface area contributed by atoms with Crippen LogP contribution in [0.4, 0.5) is 5.69 Å². The molecule has 5 rings (SSSR count). The number of carbonyl (C=O) groups is 2. The Bertz CT molecular complexity index is 1510. The molecule has 0 bridgehead atoms. The van der Waals surface area contributed by atoms with E-state index in [9.17, 15) is 9.59 Å². The van der Waals surface area contributed by atoms with Gasteiger partial charge in [-0.15, -0.1) is 0 Å². The molecule has 0 spiro atoms. The van der Waals surface area contributed by atoms with E-state index in [2.05, 4.69) is 10.3 Å². The predicted molar refractivity (Wildman–Crippen MR) is 137 cm³/mol. The fraction of sp³-hybridized carbons (Fsp3) is 0.0400. The average Bonchev–Trinajstić information content (AvgIpc) is 3.26. The smallest absolute Gasteiger partial charge is 0.270 e. The number of thiocarbonyl (C=S) groups is 1. The lowest BCUT2D eigenvalue weighted by Gasteiger charge is -2.29. The summed E-state index contributed by atoms with van der Waals surface area (Å²) in [5.41, 5.74) is 2.11. The largest absolute Gasteiger partial charge is 0.450 e. The second-order valence-electron chi connectivity index (χ2n) is 7.48. The minimum Gasteiger partial charge on any atom is -0.450 e. The lowest BCUT2D eigenvalue weighted by molar-refractivity contribution is -0.122. The van der Waals surface area contributed by atoms with E-state index in [0.717, 1.165) is 21.4 Å². The van der Waals surface area contributed by atoms with Crippen LogP contribution in [0.2, 0.25) is 5.02 Å². The van der Waals surface area contributed by atoms with Crippen molar-refractivity contribution in [3.8, 4) is 0 Å². The van der Waals surface area contributed by atoms with Crippen molar-refractivity contribution in [1.29, 1.82) is 0 Å². The summed E-state index contributed by atoms with van der Waals surface area (Å²) in [7, 11) is 0. The zero-order chi connectivity index (χ0) is 23.8. The van der Waals surface area contributed by atoms with Crippen molar-refractivity contribution in [2.24, 2.45) is 0 Å². The van der Waals surface area contributed by atoms with Crippen molar-refractivity contribution in [2.45, 2.75) is 16.9 Å². The number of anilines is 1. The van der Waals surface area contributed by atoms with Gasteiger partial charge in [0.05, 0.1) is 11.2 Å². The molecule has 1 fully saturated rings. The molecule has 168 valence electrons. The number of halogens is 1. The second kappa shape index (κ2) is 9.06. The van der Waals surface area contributed by atoms with Crippen molar-refractivity contribution >= 4 is 75.2 Å². The quantitative estimate of drug-likeness (QED) is 0.215. The summed E-state index contributed by atoms with van der Waals surface area (Å²) >= 11 is 12.9. The number of para-hydroxylation sites is 1. The number of aromatic nitrogens is 1. The second-order valence-corrected chi connectivity index (χ2v) is 9.32. The lowest BCUT2D eigenvalue weighted by Crippen LogP contribution is -2.54. The molecule has 3 heterocycles. The summed E-state index contributed by atoms with van der Waals surface area (Å²) in [5, 5.41) is 4.67. The molecule has 0 radical (unpaired) electrons. The van der Waals surface area contributed by atoms with Gasteiger partial charge in [-0.25, -0.2) is 0 Å². The fourth-order valence-electron chi connectivity index (χ4n) is 3.49. The lowest BCUT2D eigenvalue weighted by atomic mass is 10.1. The Morgan fingerprint density at radius 2 is 1.94 bits per heavy atom. The topological polar surface area (TPSA) is 75.4 Å². The molecule has 4 aromatic rings. The third-order valence-electron chi connectivity index (χ3n) is 5.21. The summed E-state index contributed by atoms with van der Waals surface area (Å²) < 4.78 is 5.89. The van der Waals surface area contributed by atoms with Gasteiger partial charge < -0.3 is 4.42 Å². The molecule has 1 aliphatic rings. The number of hydrogen-bond donors (Lipinski definition) is 1. The third-order valence-corrected chi connectivity index (χ3v) is 6.87. The van der Waals surface area contributed by atoms with E-state index in [-0.39, 0.29) is 10.7 Å². The molecule has 2 amide bonds. The number of amides is 2. The summed E-state index contributed by atoms with van der Waals surface area (Å²) in [4.78, 5) is 32.4. The van der Waals surface area contributed by atoms with E-state index in [1.54, 1.807) is 36.5 Å². The van der Waals surface area contributed by atoms with Crippen LogP contribution in [0.3, 0.4) is 0 Å². The van der Waals surface area contributed by atoms with Crippen LogP contribution < -0.4 is 10.2 Å². The van der Waals surface area contributed by atoms with Gasteiger partial charge in [-0.2, -0.15) is 0 Å². The van der Waals surface area contributed by atoms with Crippen LogP contribution in [-0.2, 0) is 9.59 Å². The van der Waals surface area contributed by atoms with Gasteiger partial charge in [-0.1, -0.05) is 35.9 Å². The standard InChI is InChI=1S/C25H16ClN3O3S2/c1-14-7-8-16(12-19(14)26)29-24(31)18(23(30)28-25(29)33)13-17-9-10-21(32-17)34-20-6-2-4-15-5-3-11-27-22(15)20/h2-13H,1H3,(H,28,30,33)/b18-13+. The number of furan rings is 1. The Hall–Kier alpha value is -3.46. The first-order valence-corrected chi connectivity index (χ1v) is 11.8. The van der Waals surface area contributed by atoms with Crippen molar-refractivity contribution in [3.63, 3.8) is 0 Å². The molecule has 6 nitrogen and oxygen atoms in total. The van der Waals surface area contributed by atoms with Gasteiger partial charge in [0.1, 0.15) is 11.3 Å². The number of carbonyl (C=O) groups excluding carboxylic acids is 2. The van der Waals surface area contributed by atoms with Crippen molar-refractivity contribution in [3.05, 3.63) is 88.8 Å². The molecule has 0 unspecified atom stereocenters. The van der Waals surface area contributed by atoms with Crippen LogP contribution >= 0.6 is 35.6 Å². The minimum atomic E-state index is -0.590. The molecule has 34 heavy (non-hydrogen) atoms. The molecule has 0 atom stereocenters. The maximum absolute atomic E-state index is 13.2. The van der Waals surface area contributed by atoms with Gasteiger partial charge in [0, 0.05) is 21.5 Å². The number of benzene rings is 2. The fourth-order valence-corrected chi connectivity index (χ4v) is 4.85. The van der Waals surface area contributed by atoms with Crippen LogP contribution in [0.15, 0.2) is 86.8 Å². The summed E-state index contributed by atoms with van der Waals surface area (Å²) in [6.07, 6.45) is 3.16. The van der Waals surface area contributed by atoms with Gasteiger partial charge in [-0.3, -0.25) is 24.8 Å². The zero-order valence-corrected chi connectivity index (χ0v) is 20.1. The monoisotopic (exact) mass is 505 g/mol. The highest BCUT2D eigenvalue weighted by Gasteiger charge is 2.35. The highest BCUT2D eigenvalue weighted by atomic mass is 35.5. The normalized spacial score (nSPS) is 15.3. The number of nitrogens with zero attached hydrogens (tertiary/aromatic N) is 2. The van der Waals surface area contributed by atoms with E-state index in [0.29, 0.717) is 21.6 Å². The molecule has 1 N–H and O–H groups in total. The molecule has 0 saturated carbocycles. The first kappa shape index (κ1) is 22.3. The van der Waals surface area contributed by atoms with Crippen LogP contribution in [0.5, 0.6) is 0 Å². The van der Waals surface area contributed by atoms with Gasteiger partial charge in [-0.05, 0) is 78.9 Å². The van der Waals surface area contributed by atoms with Crippen molar-refractivity contribution < 1.29 is 14.0 Å². The van der Waals surface area contributed by atoms with Crippen LogP contribution in [-0.4, -0.2) is 21.9 Å². The van der Waals surface area contributed by atoms with Gasteiger partial charge >= 0.3 is 0 Å². The van der Waals surface area contributed by atoms with Gasteiger partial charge in [0.15, 0.2) is 10.2 Å². The summed E-state index contributed by atoms with van der Waals surface area (Å²) in [6, 6.07) is 18.4. The third kappa shape index (κ3) is 4.23. The molecule has 0 aliphatic carbocycles. The Morgan fingerprint density at radius 1 is 1.12 bits per heavy atom. The van der Waals surface area contributed by atoms with Crippen LogP contribution in [0.1, 0.15) is 11.3 Å².